The van der Waals surface area contributed by atoms with Crippen LogP contribution >= 0.6 is 0 Å². The van der Waals surface area contributed by atoms with E-state index in [-0.39, 0.29) is 25.2 Å². The number of hydrogen-bond donors (Lipinski definition) is 1. The number of amides is 1. The Bertz CT molecular complexity index is 572. The molecule has 6 heteroatoms. The van der Waals surface area contributed by atoms with Crippen LogP contribution in [0.2, 0.25) is 0 Å². The highest BCUT2D eigenvalue weighted by molar-refractivity contribution is 5.85. The second kappa shape index (κ2) is 7.46. The normalized spacial score (nSPS) is 20.8. The molecule has 2 rings (SSSR count). The number of ether oxygens (including phenoxy) is 2. The van der Waals surface area contributed by atoms with Crippen molar-refractivity contribution in [2.75, 3.05) is 20.3 Å². The first-order valence-electron chi connectivity index (χ1n) is 7.70. The van der Waals surface area contributed by atoms with E-state index >= 15 is 0 Å². The van der Waals surface area contributed by atoms with Crippen molar-refractivity contribution in [3.8, 4) is 5.75 Å². The monoisotopic (exact) mass is 321 g/mol. The first kappa shape index (κ1) is 17.3. The molecule has 0 saturated carbocycles. The zero-order chi connectivity index (χ0) is 17.0. The van der Waals surface area contributed by atoms with E-state index in [9.17, 15) is 14.7 Å². The summed E-state index contributed by atoms with van der Waals surface area (Å²) in [7, 11) is 1.52. The summed E-state index contributed by atoms with van der Waals surface area (Å²) < 4.78 is 10.7. The van der Waals surface area contributed by atoms with Crippen molar-refractivity contribution in [2.45, 2.75) is 38.3 Å². The van der Waals surface area contributed by atoms with Gasteiger partial charge >= 0.3 is 5.97 Å². The Kier molecular flexibility index (Phi) is 5.60. The van der Waals surface area contributed by atoms with Gasteiger partial charge in [0, 0.05) is 20.1 Å². The lowest BCUT2D eigenvalue weighted by Crippen LogP contribution is -2.43. The van der Waals surface area contributed by atoms with Gasteiger partial charge in [0.25, 0.3) is 5.91 Å². The molecule has 1 aromatic rings. The Morgan fingerprint density at radius 3 is 2.74 bits per heavy atom. The van der Waals surface area contributed by atoms with Gasteiger partial charge in [-0.3, -0.25) is 4.79 Å². The third-order valence-corrected chi connectivity index (χ3v) is 4.09. The predicted octanol–water partition coefficient (Wildman–Crippen LogP) is 1.89. The Morgan fingerprint density at radius 2 is 2.13 bits per heavy atom. The number of carboxylic acids is 1. The second-order valence-electron chi connectivity index (χ2n) is 6.01. The molecule has 1 aromatic carbocycles. The third-order valence-electron chi connectivity index (χ3n) is 4.09. The Labute approximate surface area is 136 Å². The molecule has 1 fully saturated rings. The Morgan fingerprint density at radius 1 is 1.39 bits per heavy atom. The van der Waals surface area contributed by atoms with Crippen LogP contribution in [0, 0.1) is 0 Å². The van der Waals surface area contributed by atoms with Gasteiger partial charge in [0.1, 0.15) is 11.8 Å². The lowest BCUT2D eigenvalue weighted by atomic mass is 10.0. The molecular formula is C17H23NO5. The number of carboxylic acid groups (broad SMARTS) is 1. The fourth-order valence-electron chi connectivity index (χ4n) is 2.67. The highest BCUT2D eigenvalue weighted by Gasteiger charge is 2.39. The molecule has 1 aliphatic heterocycles. The number of nitrogens with zero attached hydrogens (tertiary/aromatic N) is 1. The molecule has 1 amide bonds. The molecule has 2 atom stereocenters. The van der Waals surface area contributed by atoms with Crippen LogP contribution in [0.1, 0.15) is 31.7 Å². The summed E-state index contributed by atoms with van der Waals surface area (Å²) >= 11 is 0. The van der Waals surface area contributed by atoms with E-state index in [4.69, 9.17) is 9.47 Å². The predicted molar refractivity (Wildman–Crippen MR) is 84.6 cm³/mol. The highest BCUT2D eigenvalue weighted by atomic mass is 16.5. The van der Waals surface area contributed by atoms with Gasteiger partial charge in [0.15, 0.2) is 6.61 Å². The SMILES string of the molecule is COC1CC(C(=O)O)N(C(=O)COc2cccc(C(C)C)c2)C1. The molecular weight excluding hydrogens is 298 g/mol. The molecule has 1 N–H and O–H groups in total. The summed E-state index contributed by atoms with van der Waals surface area (Å²) in [6.45, 7) is 4.26. The van der Waals surface area contributed by atoms with Crippen LogP contribution in [0.25, 0.3) is 0 Å². The molecule has 1 saturated heterocycles. The summed E-state index contributed by atoms with van der Waals surface area (Å²) in [6.07, 6.45) is 0.0600. The largest absolute Gasteiger partial charge is 0.484 e. The Hall–Kier alpha value is -2.08. The lowest BCUT2D eigenvalue weighted by Gasteiger charge is -2.21. The number of carbonyl (C=O) groups is 2. The standard InChI is InChI=1S/C17H23NO5/c1-11(2)12-5-4-6-13(7-12)23-10-16(19)18-9-14(22-3)8-15(18)17(20)21/h4-7,11,14-15H,8-10H2,1-3H3,(H,20,21). The molecule has 1 heterocycles. The first-order valence-corrected chi connectivity index (χ1v) is 7.70. The van der Waals surface area contributed by atoms with Crippen LogP contribution < -0.4 is 4.74 Å². The number of carbonyl (C=O) groups excluding carboxylic acids is 1. The summed E-state index contributed by atoms with van der Waals surface area (Å²) in [5.41, 5.74) is 1.12. The number of rotatable bonds is 6. The van der Waals surface area contributed by atoms with E-state index in [1.54, 1.807) is 6.07 Å². The van der Waals surface area contributed by atoms with Gasteiger partial charge in [0.2, 0.25) is 0 Å². The molecule has 1 aliphatic rings. The van der Waals surface area contributed by atoms with Gasteiger partial charge in [-0.25, -0.2) is 4.79 Å². The minimum absolute atomic E-state index is 0.179. The number of likely N-dealkylation sites (tertiary alicyclic amines) is 1. The van der Waals surface area contributed by atoms with Crippen molar-refractivity contribution < 1.29 is 24.2 Å². The molecule has 0 radical (unpaired) electrons. The molecule has 0 aromatic heterocycles. The maximum Gasteiger partial charge on any atom is 0.326 e. The minimum atomic E-state index is -1.01. The van der Waals surface area contributed by atoms with E-state index < -0.39 is 12.0 Å². The first-order chi connectivity index (χ1) is 10.9. The summed E-state index contributed by atoms with van der Waals surface area (Å²) in [6, 6.07) is 6.72. The summed E-state index contributed by atoms with van der Waals surface area (Å²) in [5, 5.41) is 9.24. The highest BCUT2D eigenvalue weighted by Crippen LogP contribution is 2.22. The van der Waals surface area contributed by atoms with Crippen molar-refractivity contribution in [3.63, 3.8) is 0 Å². The van der Waals surface area contributed by atoms with Gasteiger partial charge in [-0.05, 0) is 23.6 Å². The molecule has 0 bridgehead atoms. The third kappa shape index (κ3) is 4.22. The maximum atomic E-state index is 12.3. The molecule has 0 aliphatic carbocycles. The van der Waals surface area contributed by atoms with Gasteiger partial charge in [-0.15, -0.1) is 0 Å². The number of benzene rings is 1. The van der Waals surface area contributed by atoms with E-state index in [1.165, 1.54) is 12.0 Å². The zero-order valence-electron chi connectivity index (χ0n) is 13.7. The zero-order valence-corrected chi connectivity index (χ0v) is 13.7. The van der Waals surface area contributed by atoms with Gasteiger partial charge in [-0.2, -0.15) is 0 Å². The fourth-order valence-corrected chi connectivity index (χ4v) is 2.67. The second-order valence-corrected chi connectivity index (χ2v) is 6.01. The molecule has 0 spiro atoms. The molecule has 126 valence electrons. The van der Waals surface area contributed by atoms with Crippen LogP contribution in [0.5, 0.6) is 5.75 Å². The van der Waals surface area contributed by atoms with Crippen LogP contribution in [-0.2, 0) is 14.3 Å². The van der Waals surface area contributed by atoms with Crippen molar-refractivity contribution >= 4 is 11.9 Å². The summed E-state index contributed by atoms with van der Waals surface area (Å²) in [4.78, 5) is 24.9. The van der Waals surface area contributed by atoms with E-state index in [0.29, 0.717) is 18.1 Å². The van der Waals surface area contributed by atoms with Crippen molar-refractivity contribution in [2.24, 2.45) is 0 Å². The quantitative estimate of drug-likeness (QED) is 0.866. The Balaban J connectivity index is 1.98. The molecule has 23 heavy (non-hydrogen) atoms. The number of methoxy groups -OCH3 is 1. The van der Waals surface area contributed by atoms with Crippen LogP contribution in [0.15, 0.2) is 24.3 Å². The van der Waals surface area contributed by atoms with E-state index in [1.807, 2.05) is 18.2 Å². The molecule has 2 unspecified atom stereocenters. The van der Waals surface area contributed by atoms with Crippen LogP contribution in [0.3, 0.4) is 0 Å². The topological polar surface area (TPSA) is 76.1 Å². The van der Waals surface area contributed by atoms with Crippen LogP contribution in [0.4, 0.5) is 0 Å². The average Bonchev–Trinajstić information content (AvgIpc) is 2.97. The van der Waals surface area contributed by atoms with Crippen molar-refractivity contribution in [1.82, 2.24) is 4.90 Å². The lowest BCUT2D eigenvalue weighted by molar-refractivity contribution is -0.148. The summed E-state index contributed by atoms with van der Waals surface area (Å²) in [5.74, 6) is -0.378. The van der Waals surface area contributed by atoms with E-state index in [0.717, 1.165) is 5.56 Å². The smallest absolute Gasteiger partial charge is 0.326 e. The van der Waals surface area contributed by atoms with E-state index in [2.05, 4.69) is 13.8 Å². The van der Waals surface area contributed by atoms with Crippen LogP contribution in [-0.4, -0.2) is 54.3 Å². The van der Waals surface area contributed by atoms with Gasteiger partial charge < -0.3 is 19.5 Å². The molecule has 6 nitrogen and oxygen atoms in total. The van der Waals surface area contributed by atoms with Crippen molar-refractivity contribution in [3.05, 3.63) is 29.8 Å². The number of aliphatic carboxylic acids is 1. The van der Waals surface area contributed by atoms with Crippen molar-refractivity contribution in [1.29, 1.82) is 0 Å². The number of hydrogen-bond acceptors (Lipinski definition) is 4. The fraction of sp³-hybridized carbons (Fsp3) is 0.529. The minimum Gasteiger partial charge on any atom is -0.484 e. The maximum absolute atomic E-state index is 12.3. The average molecular weight is 321 g/mol. The van der Waals surface area contributed by atoms with Gasteiger partial charge in [0.05, 0.1) is 6.10 Å². The van der Waals surface area contributed by atoms with Gasteiger partial charge in [-0.1, -0.05) is 26.0 Å².